The van der Waals surface area contributed by atoms with E-state index in [2.05, 4.69) is 10.3 Å². The number of sulfonamides is 1. The lowest BCUT2D eigenvalue weighted by Gasteiger charge is -2.22. The highest BCUT2D eigenvalue weighted by Gasteiger charge is 2.31. The number of benzene rings is 2. The number of carbonyl (C=O) groups excluding carboxylic acids is 1. The van der Waals surface area contributed by atoms with Crippen molar-refractivity contribution in [3.8, 4) is 0 Å². The lowest BCUT2D eigenvalue weighted by Crippen LogP contribution is -2.38. The third kappa shape index (κ3) is 5.20. The second-order valence-electron chi connectivity index (χ2n) is 6.82. The summed E-state index contributed by atoms with van der Waals surface area (Å²) in [6.07, 6.45) is -1.09. The van der Waals surface area contributed by atoms with Gasteiger partial charge in [0, 0.05) is 35.4 Å². The van der Waals surface area contributed by atoms with Crippen molar-refractivity contribution in [2.75, 3.05) is 18.4 Å². The van der Waals surface area contributed by atoms with Gasteiger partial charge in [0.1, 0.15) is 0 Å². The van der Waals surface area contributed by atoms with Gasteiger partial charge in [0.2, 0.25) is 15.9 Å². The molecule has 6 nitrogen and oxygen atoms in total. The molecule has 0 aliphatic heterocycles. The second kappa shape index (κ2) is 9.03. The average Bonchev–Trinajstić information content (AvgIpc) is 2.72. The summed E-state index contributed by atoms with van der Waals surface area (Å²) in [5.41, 5.74) is -0.974. The van der Waals surface area contributed by atoms with E-state index in [4.69, 9.17) is 0 Å². The smallest absolute Gasteiger partial charge is 0.325 e. The van der Waals surface area contributed by atoms with E-state index < -0.39 is 34.2 Å². The molecule has 1 amide bonds. The van der Waals surface area contributed by atoms with Gasteiger partial charge in [-0.25, -0.2) is 8.42 Å². The number of carbonyl (C=O) groups is 1. The zero-order valence-corrected chi connectivity index (χ0v) is 17.4. The molecular formula is C21H20F3N3O3S. The number of aromatic nitrogens is 1. The quantitative estimate of drug-likeness (QED) is 0.581. The van der Waals surface area contributed by atoms with Crippen LogP contribution in [0.5, 0.6) is 0 Å². The van der Waals surface area contributed by atoms with Crippen LogP contribution >= 0.6 is 0 Å². The molecule has 0 saturated heterocycles. The Kier molecular flexibility index (Phi) is 6.61. The molecule has 0 aliphatic carbocycles. The fraction of sp³-hybridized carbons (Fsp3) is 0.238. The maximum Gasteiger partial charge on any atom is 0.416 e. The Morgan fingerprint density at radius 3 is 2.58 bits per heavy atom. The molecule has 164 valence electrons. The van der Waals surface area contributed by atoms with Gasteiger partial charge in [-0.3, -0.25) is 9.78 Å². The Balaban J connectivity index is 1.86. The van der Waals surface area contributed by atoms with E-state index in [-0.39, 0.29) is 17.1 Å². The van der Waals surface area contributed by atoms with E-state index >= 15 is 0 Å². The Bertz CT molecular complexity index is 1190. The molecule has 2 aromatic carbocycles. The number of alkyl halides is 3. The molecule has 1 N–H and O–H groups in total. The first-order valence-electron chi connectivity index (χ1n) is 9.43. The van der Waals surface area contributed by atoms with Crippen LogP contribution in [0.2, 0.25) is 0 Å². The predicted molar refractivity (Wildman–Crippen MR) is 111 cm³/mol. The van der Waals surface area contributed by atoms with Crippen LogP contribution in [0.1, 0.15) is 18.9 Å². The lowest BCUT2D eigenvalue weighted by atomic mass is 10.2. The van der Waals surface area contributed by atoms with Crippen molar-refractivity contribution < 1.29 is 26.4 Å². The van der Waals surface area contributed by atoms with E-state index in [9.17, 15) is 26.4 Å². The van der Waals surface area contributed by atoms with Crippen LogP contribution in [0.3, 0.4) is 0 Å². The number of anilines is 1. The highest BCUT2D eigenvalue weighted by atomic mass is 32.2. The Hall–Kier alpha value is -2.98. The first kappa shape index (κ1) is 22.7. The number of nitrogens with zero attached hydrogens (tertiary/aromatic N) is 2. The highest BCUT2D eigenvalue weighted by molar-refractivity contribution is 7.89. The van der Waals surface area contributed by atoms with E-state index in [1.807, 2.05) is 0 Å². The van der Waals surface area contributed by atoms with E-state index in [0.29, 0.717) is 17.2 Å². The normalized spacial score (nSPS) is 12.3. The molecule has 0 spiro atoms. The molecule has 0 radical (unpaired) electrons. The third-order valence-corrected chi connectivity index (χ3v) is 6.43. The van der Waals surface area contributed by atoms with Crippen molar-refractivity contribution in [3.05, 3.63) is 66.5 Å². The number of nitrogens with one attached hydrogen (secondary N) is 1. The standard InChI is InChI=1S/C21H20F3N3O3S/c1-2-11-27(14-20(28)26-17-7-4-6-16(12-17)21(22,23)24)31(29,30)19-8-3-5-15-13-25-10-9-18(15)19/h3-10,12-13H,2,11,14H2,1H3,(H,26,28). The monoisotopic (exact) mass is 451 g/mol. The zero-order valence-electron chi connectivity index (χ0n) is 16.6. The molecule has 3 aromatic rings. The van der Waals surface area contributed by atoms with E-state index in [1.54, 1.807) is 31.3 Å². The largest absolute Gasteiger partial charge is 0.416 e. The van der Waals surface area contributed by atoms with Crippen LogP contribution in [-0.4, -0.2) is 36.7 Å². The summed E-state index contributed by atoms with van der Waals surface area (Å²) in [7, 11) is -4.04. The number of hydrogen-bond acceptors (Lipinski definition) is 4. The highest BCUT2D eigenvalue weighted by Crippen LogP contribution is 2.31. The summed E-state index contributed by atoms with van der Waals surface area (Å²) < 4.78 is 66.2. The Labute approximate surface area is 177 Å². The summed E-state index contributed by atoms with van der Waals surface area (Å²) in [5, 5.41) is 3.45. The molecule has 0 atom stereocenters. The lowest BCUT2D eigenvalue weighted by molar-refractivity contribution is -0.137. The minimum atomic E-state index is -4.55. The van der Waals surface area contributed by atoms with Gasteiger partial charge in [0.05, 0.1) is 17.0 Å². The zero-order chi connectivity index (χ0) is 22.6. The van der Waals surface area contributed by atoms with Crippen LogP contribution in [0.15, 0.2) is 65.8 Å². The molecule has 0 aliphatic rings. The summed E-state index contributed by atoms with van der Waals surface area (Å²) in [6.45, 7) is 1.30. The SMILES string of the molecule is CCCN(CC(=O)Nc1cccc(C(F)(F)F)c1)S(=O)(=O)c1cccc2cnccc12. The van der Waals surface area contributed by atoms with Crippen molar-refractivity contribution in [3.63, 3.8) is 0 Å². The topological polar surface area (TPSA) is 79.4 Å². The molecule has 1 heterocycles. The average molecular weight is 451 g/mol. The molecule has 0 saturated carbocycles. The molecular weight excluding hydrogens is 431 g/mol. The molecule has 10 heteroatoms. The molecule has 0 fully saturated rings. The van der Waals surface area contributed by atoms with Gasteiger partial charge in [0.25, 0.3) is 0 Å². The van der Waals surface area contributed by atoms with Gasteiger partial charge in [-0.15, -0.1) is 0 Å². The minimum Gasteiger partial charge on any atom is -0.325 e. The number of pyridine rings is 1. The molecule has 1 aromatic heterocycles. The third-order valence-electron chi connectivity index (χ3n) is 4.53. The first-order chi connectivity index (χ1) is 14.6. The van der Waals surface area contributed by atoms with Crippen molar-refractivity contribution in [2.45, 2.75) is 24.4 Å². The van der Waals surface area contributed by atoms with Gasteiger partial charge in [-0.1, -0.05) is 25.1 Å². The maximum absolute atomic E-state index is 13.3. The number of halogens is 3. The van der Waals surface area contributed by atoms with Crippen LogP contribution < -0.4 is 5.32 Å². The number of fused-ring (bicyclic) bond motifs is 1. The fourth-order valence-electron chi connectivity index (χ4n) is 3.12. The van der Waals surface area contributed by atoms with Crippen molar-refractivity contribution in [1.29, 1.82) is 0 Å². The predicted octanol–water partition coefficient (Wildman–Crippen LogP) is 4.29. The summed E-state index contributed by atoms with van der Waals surface area (Å²) in [6, 6.07) is 10.5. The van der Waals surface area contributed by atoms with Gasteiger partial charge in [-0.05, 0) is 36.8 Å². The van der Waals surface area contributed by atoms with Crippen molar-refractivity contribution in [2.24, 2.45) is 0 Å². The number of rotatable bonds is 7. The van der Waals surface area contributed by atoms with Gasteiger partial charge < -0.3 is 5.32 Å². The summed E-state index contributed by atoms with van der Waals surface area (Å²) in [5.74, 6) is -0.738. The molecule has 0 unspecified atom stereocenters. The van der Waals surface area contributed by atoms with Crippen LogP contribution in [0.4, 0.5) is 18.9 Å². The van der Waals surface area contributed by atoms with E-state index in [1.165, 1.54) is 24.4 Å². The second-order valence-corrected chi connectivity index (χ2v) is 8.72. The van der Waals surface area contributed by atoms with Gasteiger partial charge >= 0.3 is 6.18 Å². The number of amides is 1. The first-order valence-corrected chi connectivity index (χ1v) is 10.9. The molecule has 0 bridgehead atoms. The molecule has 31 heavy (non-hydrogen) atoms. The maximum atomic E-state index is 13.3. The van der Waals surface area contributed by atoms with Gasteiger partial charge in [-0.2, -0.15) is 17.5 Å². The minimum absolute atomic E-state index is 0.0349. The fourth-order valence-corrected chi connectivity index (χ4v) is 4.83. The van der Waals surface area contributed by atoms with Crippen LogP contribution in [0, 0.1) is 0 Å². The van der Waals surface area contributed by atoms with E-state index in [0.717, 1.165) is 16.4 Å². The summed E-state index contributed by atoms with van der Waals surface area (Å²) >= 11 is 0. The van der Waals surface area contributed by atoms with Crippen LogP contribution in [-0.2, 0) is 21.0 Å². The van der Waals surface area contributed by atoms with Gasteiger partial charge in [0.15, 0.2) is 0 Å². The Morgan fingerprint density at radius 1 is 1.13 bits per heavy atom. The number of hydrogen-bond donors (Lipinski definition) is 1. The van der Waals surface area contributed by atoms with Crippen LogP contribution in [0.25, 0.3) is 10.8 Å². The Morgan fingerprint density at radius 2 is 1.87 bits per heavy atom. The molecule has 3 rings (SSSR count). The summed E-state index contributed by atoms with van der Waals surface area (Å²) in [4.78, 5) is 16.5. The van der Waals surface area contributed by atoms with Crippen molar-refractivity contribution >= 4 is 32.4 Å². The van der Waals surface area contributed by atoms with Crippen molar-refractivity contribution in [1.82, 2.24) is 9.29 Å².